The fourth-order valence-corrected chi connectivity index (χ4v) is 5.06. The van der Waals surface area contributed by atoms with E-state index in [9.17, 15) is 0 Å². The highest BCUT2D eigenvalue weighted by molar-refractivity contribution is 9.10. The summed E-state index contributed by atoms with van der Waals surface area (Å²) in [7, 11) is 0. The number of piperidine rings is 1. The first-order chi connectivity index (χ1) is 9.05. The second-order valence-electron chi connectivity index (χ2n) is 6.52. The Morgan fingerprint density at radius 3 is 2.58 bits per heavy atom. The molecule has 1 aliphatic carbocycles. The predicted molar refractivity (Wildman–Crippen MR) is 84.7 cm³/mol. The minimum absolute atomic E-state index is 0.448. The lowest BCUT2D eigenvalue weighted by atomic mass is 9.69. The predicted octanol–water partition coefficient (Wildman–Crippen LogP) is 4.53. The summed E-state index contributed by atoms with van der Waals surface area (Å²) < 4.78 is 1.24. The molecule has 2 heteroatoms. The summed E-state index contributed by atoms with van der Waals surface area (Å²) in [5, 5.41) is 0. The number of likely N-dealkylation sites (tertiary alicyclic amines) is 1. The maximum Gasteiger partial charge on any atom is 0.0178 e. The van der Waals surface area contributed by atoms with E-state index in [2.05, 4.69) is 59.8 Å². The molecular formula is C17H24BrN. The third-order valence-electron chi connectivity index (χ3n) is 5.39. The lowest BCUT2D eigenvalue weighted by molar-refractivity contribution is 0.0578. The molecule has 1 fully saturated rings. The molecule has 2 aliphatic rings. The second kappa shape index (κ2) is 4.89. The number of aryl methyl sites for hydroxylation is 1. The van der Waals surface area contributed by atoms with Crippen molar-refractivity contribution in [1.82, 2.24) is 4.90 Å². The summed E-state index contributed by atoms with van der Waals surface area (Å²) in [6.07, 6.45) is 5.28. The molecule has 2 unspecified atom stereocenters. The summed E-state index contributed by atoms with van der Waals surface area (Å²) in [6, 6.07) is 8.34. The van der Waals surface area contributed by atoms with Crippen LogP contribution in [0.25, 0.3) is 0 Å². The van der Waals surface area contributed by atoms with Gasteiger partial charge in [-0.15, -0.1) is 0 Å². The highest BCUT2D eigenvalue weighted by atomic mass is 79.9. The molecule has 2 atom stereocenters. The summed E-state index contributed by atoms with van der Waals surface area (Å²) in [6.45, 7) is 8.31. The largest absolute Gasteiger partial charge is 0.298 e. The molecule has 0 N–H and O–H groups in total. The van der Waals surface area contributed by atoms with Gasteiger partial charge in [0.2, 0.25) is 0 Å². The van der Waals surface area contributed by atoms with E-state index in [1.54, 1.807) is 11.1 Å². The van der Waals surface area contributed by atoms with Gasteiger partial charge in [0.1, 0.15) is 0 Å². The van der Waals surface area contributed by atoms with Crippen LogP contribution >= 0.6 is 15.9 Å². The average Bonchev–Trinajstić information content (AvgIpc) is 2.67. The van der Waals surface area contributed by atoms with Crippen LogP contribution in [0.1, 0.15) is 51.2 Å². The summed E-state index contributed by atoms with van der Waals surface area (Å²) in [4.78, 5) is 2.67. The van der Waals surface area contributed by atoms with Gasteiger partial charge in [-0.3, -0.25) is 4.90 Å². The standard InChI is InChI=1S/C17H24BrN/c1-4-19-12(2)10-17(11-13(19)3)8-7-14-5-6-15(18)9-16(14)17/h5-6,9,12-13H,4,7-8,10-11H2,1-3H3. The normalized spacial score (nSPS) is 34.7. The maximum absolute atomic E-state index is 3.66. The Bertz CT molecular complexity index is 470. The zero-order chi connectivity index (χ0) is 13.6. The van der Waals surface area contributed by atoms with E-state index in [4.69, 9.17) is 0 Å². The Morgan fingerprint density at radius 2 is 1.95 bits per heavy atom. The van der Waals surface area contributed by atoms with Crippen molar-refractivity contribution in [2.45, 2.75) is 64.0 Å². The molecule has 0 saturated carbocycles. The number of benzene rings is 1. The molecular weight excluding hydrogens is 298 g/mol. The molecule has 19 heavy (non-hydrogen) atoms. The van der Waals surface area contributed by atoms with Gasteiger partial charge in [-0.05, 0) is 74.8 Å². The van der Waals surface area contributed by atoms with Crippen LogP contribution in [0, 0.1) is 0 Å². The molecule has 0 aromatic heterocycles. The summed E-state index contributed by atoms with van der Waals surface area (Å²) >= 11 is 3.66. The molecule has 1 spiro atoms. The number of halogens is 1. The number of nitrogens with zero attached hydrogens (tertiary/aromatic N) is 1. The second-order valence-corrected chi connectivity index (χ2v) is 7.43. The average molecular weight is 322 g/mol. The smallest absolute Gasteiger partial charge is 0.0178 e. The molecule has 1 nitrogen and oxygen atoms in total. The highest BCUT2D eigenvalue weighted by Gasteiger charge is 2.45. The molecule has 1 saturated heterocycles. The van der Waals surface area contributed by atoms with Gasteiger partial charge < -0.3 is 0 Å². The van der Waals surface area contributed by atoms with E-state index in [0.717, 1.165) is 0 Å². The van der Waals surface area contributed by atoms with Gasteiger partial charge in [0.05, 0.1) is 0 Å². The van der Waals surface area contributed by atoms with Crippen LogP contribution in [0.3, 0.4) is 0 Å². The van der Waals surface area contributed by atoms with E-state index >= 15 is 0 Å². The number of fused-ring (bicyclic) bond motifs is 2. The number of hydrogen-bond donors (Lipinski definition) is 0. The van der Waals surface area contributed by atoms with Crippen LogP contribution in [-0.4, -0.2) is 23.5 Å². The highest BCUT2D eigenvalue weighted by Crippen LogP contribution is 2.49. The minimum atomic E-state index is 0.448. The topological polar surface area (TPSA) is 3.24 Å². The zero-order valence-corrected chi connectivity index (χ0v) is 13.8. The molecule has 1 aromatic carbocycles. The van der Waals surface area contributed by atoms with Gasteiger partial charge in [0.25, 0.3) is 0 Å². The first kappa shape index (κ1) is 13.6. The van der Waals surface area contributed by atoms with Crippen LogP contribution in [0.2, 0.25) is 0 Å². The van der Waals surface area contributed by atoms with Gasteiger partial charge in [-0.1, -0.05) is 28.9 Å². The molecule has 0 amide bonds. The Morgan fingerprint density at radius 1 is 1.26 bits per heavy atom. The van der Waals surface area contributed by atoms with Gasteiger partial charge in [0, 0.05) is 16.6 Å². The van der Waals surface area contributed by atoms with Gasteiger partial charge in [0.15, 0.2) is 0 Å². The van der Waals surface area contributed by atoms with Crippen molar-refractivity contribution < 1.29 is 0 Å². The van der Waals surface area contributed by atoms with Gasteiger partial charge >= 0.3 is 0 Å². The van der Waals surface area contributed by atoms with Crippen molar-refractivity contribution in [2.75, 3.05) is 6.54 Å². The van der Waals surface area contributed by atoms with Crippen LogP contribution in [0.15, 0.2) is 22.7 Å². The molecule has 1 aliphatic heterocycles. The Labute approximate surface area is 125 Å². The SMILES string of the molecule is CCN1C(C)CC2(CCc3ccc(Br)cc32)CC1C. The first-order valence-electron chi connectivity index (χ1n) is 7.60. The number of hydrogen-bond acceptors (Lipinski definition) is 1. The molecule has 0 bridgehead atoms. The Kier molecular flexibility index (Phi) is 3.51. The van der Waals surface area contributed by atoms with Crippen molar-refractivity contribution in [3.8, 4) is 0 Å². The lowest BCUT2D eigenvalue weighted by Gasteiger charge is -2.48. The molecule has 0 radical (unpaired) electrons. The quantitative estimate of drug-likeness (QED) is 0.734. The van der Waals surface area contributed by atoms with E-state index in [1.165, 1.54) is 36.7 Å². The first-order valence-corrected chi connectivity index (χ1v) is 8.40. The van der Waals surface area contributed by atoms with E-state index < -0.39 is 0 Å². The van der Waals surface area contributed by atoms with Gasteiger partial charge in [-0.25, -0.2) is 0 Å². The molecule has 3 rings (SSSR count). The van der Waals surface area contributed by atoms with Crippen LogP contribution in [-0.2, 0) is 11.8 Å². The van der Waals surface area contributed by atoms with E-state index in [0.29, 0.717) is 17.5 Å². The Balaban J connectivity index is 1.97. The van der Waals surface area contributed by atoms with Crippen molar-refractivity contribution in [3.05, 3.63) is 33.8 Å². The lowest BCUT2D eigenvalue weighted by Crippen LogP contribution is -2.51. The van der Waals surface area contributed by atoms with E-state index in [-0.39, 0.29) is 0 Å². The van der Waals surface area contributed by atoms with Crippen LogP contribution < -0.4 is 0 Å². The molecule has 1 heterocycles. The maximum atomic E-state index is 3.66. The summed E-state index contributed by atoms with van der Waals surface area (Å²) in [5.74, 6) is 0. The van der Waals surface area contributed by atoms with Crippen molar-refractivity contribution in [2.24, 2.45) is 0 Å². The molecule has 1 aromatic rings. The fraction of sp³-hybridized carbons (Fsp3) is 0.647. The fourth-order valence-electron chi connectivity index (χ4n) is 4.70. The van der Waals surface area contributed by atoms with Crippen molar-refractivity contribution in [1.29, 1.82) is 0 Å². The monoisotopic (exact) mass is 321 g/mol. The van der Waals surface area contributed by atoms with Crippen molar-refractivity contribution >= 4 is 15.9 Å². The van der Waals surface area contributed by atoms with Crippen molar-refractivity contribution in [3.63, 3.8) is 0 Å². The third kappa shape index (κ3) is 2.17. The molecule has 104 valence electrons. The summed E-state index contributed by atoms with van der Waals surface area (Å²) in [5.41, 5.74) is 3.67. The Hall–Kier alpha value is -0.340. The van der Waals surface area contributed by atoms with Crippen LogP contribution in [0.4, 0.5) is 0 Å². The van der Waals surface area contributed by atoms with E-state index in [1.807, 2.05) is 0 Å². The third-order valence-corrected chi connectivity index (χ3v) is 5.88. The zero-order valence-electron chi connectivity index (χ0n) is 12.2. The number of rotatable bonds is 1. The van der Waals surface area contributed by atoms with Crippen LogP contribution in [0.5, 0.6) is 0 Å². The minimum Gasteiger partial charge on any atom is -0.298 e. The van der Waals surface area contributed by atoms with Gasteiger partial charge in [-0.2, -0.15) is 0 Å².